The predicted octanol–water partition coefficient (Wildman–Crippen LogP) is 7.45. The molecule has 0 N–H and O–H groups in total. The fraction of sp³-hybridized carbons (Fsp3) is 0.276. The van der Waals surface area contributed by atoms with Crippen LogP contribution in [0.15, 0.2) is 84.6 Å². The third-order valence-corrected chi connectivity index (χ3v) is 6.38. The largest absolute Gasteiger partial charge is 0.497 e. The summed E-state index contributed by atoms with van der Waals surface area (Å²) in [6.45, 7) is 4.03. The van der Waals surface area contributed by atoms with Gasteiger partial charge in [-0.2, -0.15) is 13.2 Å². The van der Waals surface area contributed by atoms with Crippen molar-refractivity contribution in [2.24, 2.45) is 0 Å². The van der Waals surface area contributed by atoms with Gasteiger partial charge in [0.1, 0.15) is 11.6 Å². The Morgan fingerprint density at radius 1 is 0.971 bits per heavy atom. The Morgan fingerprint density at radius 2 is 1.74 bits per heavy atom. The topological polar surface area (TPSA) is 25.4 Å². The second kappa shape index (κ2) is 10.4. The van der Waals surface area contributed by atoms with Crippen LogP contribution in [0.5, 0.6) is 5.75 Å². The van der Waals surface area contributed by atoms with Crippen molar-refractivity contribution < 1.29 is 17.9 Å². The summed E-state index contributed by atoms with van der Waals surface area (Å²) in [5, 5.41) is 0. The molecule has 4 rings (SSSR count). The normalized spacial score (nSPS) is 15.8. The third kappa shape index (κ3) is 5.59. The van der Waals surface area contributed by atoms with Crippen LogP contribution in [0.25, 0.3) is 11.3 Å². The van der Waals surface area contributed by atoms with Crippen LogP contribution in [0.1, 0.15) is 30.0 Å². The molecule has 0 spiro atoms. The van der Waals surface area contributed by atoms with Crippen molar-refractivity contribution in [1.29, 1.82) is 0 Å². The van der Waals surface area contributed by atoms with E-state index >= 15 is 0 Å². The lowest BCUT2D eigenvalue weighted by molar-refractivity contribution is -0.0886. The zero-order chi connectivity index (χ0) is 25.0. The number of hydrogen-bond acceptors (Lipinski definition) is 3. The number of rotatable bonds is 7. The van der Waals surface area contributed by atoms with Crippen LogP contribution in [0, 0.1) is 6.92 Å². The van der Waals surface area contributed by atoms with Gasteiger partial charge in [0, 0.05) is 11.8 Å². The summed E-state index contributed by atoms with van der Waals surface area (Å²) in [5.41, 5.74) is 4.63. The molecule has 182 valence electrons. The van der Waals surface area contributed by atoms with E-state index in [0.29, 0.717) is 12.2 Å². The van der Waals surface area contributed by atoms with Gasteiger partial charge < -0.3 is 9.64 Å². The average Bonchev–Trinajstić information content (AvgIpc) is 2.87. The molecular formula is C29H29F3N2O. The monoisotopic (exact) mass is 478 g/mol. The highest BCUT2D eigenvalue weighted by Gasteiger charge is 2.35. The molecule has 1 aliphatic rings. The van der Waals surface area contributed by atoms with E-state index < -0.39 is 11.7 Å². The van der Waals surface area contributed by atoms with Crippen molar-refractivity contribution in [2.45, 2.75) is 45.3 Å². The molecule has 3 nitrogen and oxygen atoms in total. The number of methoxy groups -OCH3 is 1. The summed E-state index contributed by atoms with van der Waals surface area (Å²) in [7, 11) is 1.66. The SMILES string of the molecule is CCC1C=CC(C(F)(F)F)=CN1c1cccc(-c2ccccc2CCc2ccc(OC)cc2C)n1. The first-order valence-electron chi connectivity index (χ1n) is 11.7. The summed E-state index contributed by atoms with van der Waals surface area (Å²) < 4.78 is 45.5. The molecule has 1 aromatic heterocycles. The van der Waals surface area contributed by atoms with E-state index in [2.05, 4.69) is 19.1 Å². The van der Waals surface area contributed by atoms with Gasteiger partial charge in [0.15, 0.2) is 0 Å². The van der Waals surface area contributed by atoms with E-state index in [0.717, 1.165) is 41.5 Å². The zero-order valence-corrected chi connectivity index (χ0v) is 20.1. The number of aromatic nitrogens is 1. The Bertz CT molecular complexity index is 1250. The van der Waals surface area contributed by atoms with Crippen LogP contribution < -0.4 is 9.64 Å². The number of hydrogen-bond donors (Lipinski definition) is 0. The molecule has 2 aromatic carbocycles. The summed E-state index contributed by atoms with van der Waals surface area (Å²) in [4.78, 5) is 6.42. The number of anilines is 1. The van der Waals surface area contributed by atoms with Crippen LogP contribution in [-0.4, -0.2) is 24.3 Å². The maximum absolute atomic E-state index is 13.4. The van der Waals surface area contributed by atoms with Gasteiger partial charge in [0.2, 0.25) is 0 Å². The number of allylic oxidation sites excluding steroid dienone is 2. The quantitative estimate of drug-likeness (QED) is 0.353. The minimum atomic E-state index is -4.41. The van der Waals surface area contributed by atoms with E-state index in [1.807, 2.05) is 49.4 Å². The minimum Gasteiger partial charge on any atom is -0.497 e. The van der Waals surface area contributed by atoms with E-state index in [1.165, 1.54) is 17.3 Å². The van der Waals surface area contributed by atoms with Gasteiger partial charge in [0.25, 0.3) is 0 Å². The predicted molar refractivity (Wildman–Crippen MR) is 135 cm³/mol. The standard InChI is InChI=1S/C29H29F3N2O/c1-4-24-16-15-23(29(30,31)32)19-34(24)28-11-7-10-27(33-28)26-9-6-5-8-22(26)13-12-21-14-17-25(35-3)18-20(21)2/h5-11,14-19,24H,4,12-13H2,1-3H3. The number of benzene rings is 2. The van der Waals surface area contributed by atoms with Gasteiger partial charge in [0.05, 0.1) is 24.4 Å². The third-order valence-electron chi connectivity index (χ3n) is 6.38. The molecule has 0 amide bonds. The lowest BCUT2D eigenvalue weighted by Crippen LogP contribution is -2.33. The molecule has 0 aliphatic carbocycles. The van der Waals surface area contributed by atoms with E-state index in [-0.39, 0.29) is 6.04 Å². The first kappa shape index (κ1) is 24.6. The lowest BCUT2D eigenvalue weighted by atomic mass is 9.96. The van der Waals surface area contributed by atoms with Crippen molar-refractivity contribution >= 4 is 5.82 Å². The van der Waals surface area contributed by atoms with Crippen molar-refractivity contribution in [2.75, 3.05) is 12.0 Å². The van der Waals surface area contributed by atoms with Crippen molar-refractivity contribution in [1.82, 2.24) is 4.98 Å². The smallest absolute Gasteiger partial charge is 0.417 e. The van der Waals surface area contributed by atoms with Gasteiger partial charge >= 0.3 is 6.18 Å². The van der Waals surface area contributed by atoms with Gasteiger partial charge in [-0.15, -0.1) is 0 Å². The Balaban J connectivity index is 1.63. The summed E-state index contributed by atoms with van der Waals surface area (Å²) in [5.74, 6) is 1.34. The molecule has 0 saturated carbocycles. The molecule has 0 fully saturated rings. The van der Waals surface area contributed by atoms with Crippen molar-refractivity contribution in [3.63, 3.8) is 0 Å². The summed E-state index contributed by atoms with van der Waals surface area (Å²) >= 11 is 0. The average molecular weight is 479 g/mol. The van der Waals surface area contributed by atoms with Gasteiger partial charge in [-0.3, -0.25) is 0 Å². The number of alkyl halides is 3. The van der Waals surface area contributed by atoms with Crippen molar-refractivity contribution in [3.05, 3.63) is 101 Å². The molecule has 0 bridgehead atoms. The zero-order valence-electron chi connectivity index (χ0n) is 20.1. The van der Waals surface area contributed by atoms with Crippen LogP contribution in [0.3, 0.4) is 0 Å². The van der Waals surface area contributed by atoms with Crippen LogP contribution in [0.2, 0.25) is 0 Å². The fourth-order valence-corrected chi connectivity index (χ4v) is 4.38. The second-order valence-corrected chi connectivity index (χ2v) is 8.65. The highest BCUT2D eigenvalue weighted by atomic mass is 19.4. The Kier molecular flexibility index (Phi) is 7.29. The molecule has 0 radical (unpaired) electrons. The van der Waals surface area contributed by atoms with Crippen LogP contribution in [-0.2, 0) is 12.8 Å². The number of ether oxygens (including phenoxy) is 1. The van der Waals surface area contributed by atoms with Crippen LogP contribution in [0.4, 0.5) is 19.0 Å². The first-order valence-corrected chi connectivity index (χ1v) is 11.7. The van der Waals surface area contributed by atoms with Gasteiger partial charge in [-0.25, -0.2) is 4.98 Å². The highest BCUT2D eigenvalue weighted by molar-refractivity contribution is 5.66. The number of halogens is 3. The number of aryl methyl sites for hydroxylation is 3. The van der Waals surface area contributed by atoms with E-state index in [4.69, 9.17) is 9.72 Å². The molecular weight excluding hydrogens is 449 g/mol. The fourth-order valence-electron chi connectivity index (χ4n) is 4.38. The second-order valence-electron chi connectivity index (χ2n) is 8.65. The maximum Gasteiger partial charge on any atom is 0.417 e. The first-order chi connectivity index (χ1) is 16.8. The molecule has 2 heterocycles. The summed E-state index contributed by atoms with van der Waals surface area (Å²) in [6, 6.07) is 19.5. The molecule has 0 saturated heterocycles. The molecule has 1 aliphatic heterocycles. The number of pyridine rings is 1. The van der Waals surface area contributed by atoms with E-state index in [1.54, 1.807) is 24.2 Å². The molecule has 35 heavy (non-hydrogen) atoms. The van der Waals surface area contributed by atoms with Gasteiger partial charge in [-0.1, -0.05) is 55.5 Å². The van der Waals surface area contributed by atoms with Gasteiger partial charge in [-0.05, 0) is 67.1 Å². The highest BCUT2D eigenvalue weighted by Crippen LogP contribution is 2.33. The molecule has 6 heteroatoms. The Hall–Kier alpha value is -3.54. The Morgan fingerprint density at radius 3 is 2.46 bits per heavy atom. The molecule has 1 unspecified atom stereocenters. The minimum absolute atomic E-state index is 0.183. The number of nitrogens with zero attached hydrogens (tertiary/aromatic N) is 2. The molecule has 1 atom stereocenters. The maximum atomic E-state index is 13.4. The van der Waals surface area contributed by atoms with Crippen molar-refractivity contribution in [3.8, 4) is 17.0 Å². The lowest BCUT2D eigenvalue weighted by Gasteiger charge is -2.31. The van der Waals surface area contributed by atoms with Crippen LogP contribution >= 0.6 is 0 Å². The summed E-state index contributed by atoms with van der Waals surface area (Å²) in [6.07, 6.45) is 1.86. The van der Waals surface area contributed by atoms with E-state index in [9.17, 15) is 13.2 Å². The Labute approximate surface area is 204 Å². The molecule has 3 aromatic rings.